The molecule has 0 radical (unpaired) electrons. The average molecular weight is 321 g/mol. The van der Waals surface area contributed by atoms with Gasteiger partial charge in [-0.15, -0.1) is 0 Å². The molecule has 4 N–H and O–H groups in total. The van der Waals surface area contributed by atoms with Gasteiger partial charge in [-0.25, -0.2) is 4.99 Å². The van der Waals surface area contributed by atoms with Gasteiger partial charge in [-0.05, 0) is 60.7 Å². The second-order valence-electron chi connectivity index (χ2n) is 5.23. The summed E-state index contributed by atoms with van der Waals surface area (Å²) in [7, 11) is 0. The normalized spacial score (nSPS) is 11.4. The minimum atomic E-state index is -0.111. The molecule has 24 heavy (non-hydrogen) atoms. The maximum absolute atomic E-state index is 10.2. The highest BCUT2D eigenvalue weighted by atomic mass is 16.3. The molecule has 0 aliphatic rings. The fourth-order valence-electron chi connectivity index (χ4n) is 2.28. The molecular formula is C19H15NO4. The van der Waals surface area contributed by atoms with E-state index in [1.807, 2.05) is 0 Å². The van der Waals surface area contributed by atoms with Gasteiger partial charge in [0.2, 0.25) is 0 Å². The lowest BCUT2D eigenvalue weighted by atomic mass is 10.0. The molecule has 0 bridgehead atoms. The van der Waals surface area contributed by atoms with Crippen LogP contribution in [0.4, 0.5) is 5.69 Å². The van der Waals surface area contributed by atoms with Gasteiger partial charge in [0, 0.05) is 17.2 Å². The summed E-state index contributed by atoms with van der Waals surface area (Å²) in [6.07, 6.45) is 0. The van der Waals surface area contributed by atoms with E-state index in [9.17, 15) is 20.4 Å². The van der Waals surface area contributed by atoms with Crippen molar-refractivity contribution < 1.29 is 20.4 Å². The van der Waals surface area contributed by atoms with Gasteiger partial charge in [0.15, 0.2) is 0 Å². The highest BCUT2D eigenvalue weighted by Gasteiger charge is 2.13. The molecule has 5 nitrogen and oxygen atoms in total. The largest absolute Gasteiger partial charge is 0.508 e. The van der Waals surface area contributed by atoms with Gasteiger partial charge in [-0.1, -0.05) is 0 Å². The Balaban J connectivity index is 2.16. The molecule has 0 heterocycles. The van der Waals surface area contributed by atoms with E-state index in [4.69, 9.17) is 0 Å². The zero-order valence-electron chi connectivity index (χ0n) is 12.6. The van der Waals surface area contributed by atoms with Gasteiger partial charge < -0.3 is 20.4 Å². The second-order valence-corrected chi connectivity index (χ2v) is 5.23. The first-order valence-corrected chi connectivity index (χ1v) is 7.22. The Hall–Kier alpha value is -3.47. The van der Waals surface area contributed by atoms with Gasteiger partial charge in [-0.3, -0.25) is 0 Å². The first kappa shape index (κ1) is 15.4. The Morgan fingerprint density at radius 1 is 0.625 bits per heavy atom. The molecule has 0 atom stereocenters. The van der Waals surface area contributed by atoms with Crippen LogP contribution in [0.2, 0.25) is 0 Å². The van der Waals surface area contributed by atoms with E-state index in [2.05, 4.69) is 4.99 Å². The van der Waals surface area contributed by atoms with Crippen molar-refractivity contribution in [1.29, 1.82) is 0 Å². The van der Waals surface area contributed by atoms with Crippen LogP contribution in [0.1, 0.15) is 11.1 Å². The van der Waals surface area contributed by atoms with Gasteiger partial charge in [0.1, 0.15) is 23.0 Å². The lowest BCUT2D eigenvalue weighted by Gasteiger charge is -2.10. The van der Waals surface area contributed by atoms with E-state index in [1.165, 1.54) is 36.4 Å². The number of nitrogens with zero attached hydrogens (tertiary/aromatic N) is 1. The highest BCUT2D eigenvalue weighted by molar-refractivity contribution is 6.15. The summed E-state index contributed by atoms with van der Waals surface area (Å²) in [5.74, 6) is 0.0943. The van der Waals surface area contributed by atoms with Crippen molar-refractivity contribution in [2.24, 2.45) is 4.99 Å². The summed E-state index contributed by atoms with van der Waals surface area (Å²) in [5.41, 5.74) is 2.18. The zero-order chi connectivity index (χ0) is 17.1. The molecule has 0 fully saturated rings. The molecule has 0 aromatic heterocycles. The molecule has 0 saturated carbocycles. The summed E-state index contributed by atoms with van der Waals surface area (Å²) in [6.45, 7) is 0. The maximum Gasteiger partial charge on any atom is 0.128 e. The van der Waals surface area contributed by atoms with Crippen molar-refractivity contribution in [2.45, 2.75) is 0 Å². The Morgan fingerprint density at radius 3 is 1.75 bits per heavy atom. The molecule has 0 aliphatic heterocycles. The third kappa shape index (κ3) is 3.30. The van der Waals surface area contributed by atoms with Crippen LogP contribution in [0.15, 0.2) is 71.7 Å². The molecule has 0 spiro atoms. The van der Waals surface area contributed by atoms with Crippen molar-refractivity contribution in [3.05, 3.63) is 77.9 Å². The second kappa shape index (κ2) is 6.34. The van der Waals surface area contributed by atoms with Crippen LogP contribution < -0.4 is 0 Å². The smallest absolute Gasteiger partial charge is 0.128 e. The number of benzene rings is 3. The predicted octanol–water partition coefficient (Wildman–Crippen LogP) is 3.68. The monoisotopic (exact) mass is 321 g/mol. The van der Waals surface area contributed by atoms with E-state index in [0.29, 0.717) is 22.5 Å². The summed E-state index contributed by atoms with van der Waals surface area (Å²) in [5, 5.41) is 38.5. The molecule has 0 aliphatic carbocycles. The Labute approximate surface area is 138 Å². The maximum atomic E-state index is 10.2. The van der Waals surface area contributed by atoms with Gasteiger partial charge >= 0.3 is 0 Å². The first-order chi connectivity index (χ1) is 11.5. The van der Waals surface area contributed by atoms with E-state index in [0.717, 1.165) is 0 Å². The number of phenolic OH excluding ortho intramolecular Hbond substituents is 4. The number of aliphatic imine (C=N–C) groups is 1. The van der Waals surface area contributed by atoms with Crippen molar-refractivity contribution in [1.82, 2.24) is 0 Å². The van der Waals surface area contributed by atoms with E-state index >= 15 is 0 Å². The number of hydrogen-bond acceptors (Lipinski definition) is 5. The SMILES string of the molecule is Oc1ccc(N=C(c2ccc(O)cc2)c2ccc(O)cc2O)cc1. The third-order valence-corrected chi connectivity index (χ3v) is 3.47. The van der Waals surface area contributed by atoms with Gasteiger partial charge in [0.05, 0.1) is 11.4 Å². The van der Waals surface area contributed by atoms with E-state index in [-0.39, 0.29) is 23.0 Å². The van der Waals surface area contributed by atoms with Crippen LogP contribution in [0.25, 0.3) is 0 Å². The first-order valence-electron chi connectivity index (χ1n) is 7.22. The fraction of sp³-hybridized carbons (Fsp3) is 0. The van der Waals surface area contributed by atoms with Crippen LogP contribution in [-0.2, 0) is 0 Å². The third-order valence-electron chi connectivity index (χ3n) is 3.47. The van der Waals surface area contributed by atoms with Crippen LogP contribution >= 0.6 is 0 Å². The van der Waals surface area contributed by atoms with Crippen molar-refractivity contribution in [3.63, 3.8) is 0 Å². The minimum absolute atomic E-state index is 0.0501. The lowest BCUT2D eigenvalue weighted by Crippen LogP contribution is -2.03. The molecule has 0 unspecified atom stereocenters. The number of hydrogen-bond donors (Lipinski definition) is 4. The molecule has 3 aromatic rings. The summed E-state index contributed by atoms with van der Waals surface area (Å²) in [6, 6.07) is 17.0. The Bertz CT molecular complexity index is 884. The van der Waals surface area contributed by atoms with Crippen LogP contribution in [0, 0.1) is 0 Å². The Kier molecular flexibility index (Phi) is 4.07. The average Bonchev–Trinajstić information content (AvgIpc) is 2.56. The van der Waals surface area contributed by atoms with E-state index < -0.39 is 0 Å². The van der Waals surface area contributed by atoms with Gasteiger partial charge in [-0.2, -0.15) is 0 Å². The van der Waals surface area contributed by atoms with Crippen molar-refractivity contribution in [2.75, 3.05) is 0 Å². The Morgan fingerprint density at radius 2 is 1.17 bits per heavy atom. The minimum Gasteiger partial charge on any atom is -0.508 e. The van der Waals surface area contributed by atoms with Crippen molar-refractivity contribution in [3.8, 4) is 23.0 Å². The lowest BCUT2D eigenvalue weighted by molar-refractivity contribution is 0.450. The number of phenols is 4. The summed E-state index contributed by atoms with van der Waals surface area (Å²) >= 11 is 0. The van der Waals surface area contributed by atoms with Crippen molar-refractivity contribution >= 4 is 11.4 Å². The summed E-state index contributed by atoms with van der Waals surface area (Å²) < 4.78 is 0. The molecule has 120 valence electrons. The fourth-order valence-corrected chi connectivity index (χ4v) is 2.28. The molecule has 5 heteroatoms. The topological polar surface area (TPSA) is 93.3 Å². The molecule has 0 saturated heterocycles. The molecular weight excluding hydrogens is 306 g/mol. The van der Waals surface area contributed by atoms with Crippen LogP contribution in [-0.4, -0.2) is 26.1 Å². The van der Waals surface area contributed by atoms with Crippen LogP contribution in [0.5, 0.6) is 23.0 Å². The highest BCUT2D eigenvalue weighted by Crippen LogP contribution is 2.28. The zero-order valence-corrected chi connectivity index (χ0v) is 12.6. The quantitative estimate of drug-likeness (QED) is 0.554. The molecule has 0 amide bonds. The number of rotatable bonds is 3. The predicted molar refractivity (Wildman–Crippen MR) is 91.3 cm³/mol. The number of aromatic hydroxyl groups is 4. The molecule has 3 rings (SSSR count). The summed E-state index contributed by atoms with van der Waals surface area (Å²) in [4.78, 5) is 4.54. The van der Waals surface area contributed by atoms with E-state index in [1.54, 1.807) is 30.3 Å². The van der Waals surface area contributed by atoms with Gasteiger partial charge in [0.25, 0.3) is 0 Å². The standard InChI is InChI=1S/C19H15NO4/c21-14-5-1-12(2-6-14)19(17-10-9-16(23)11-18(17)24)20-13-3-7-15(22)8-4-13/h1-11,21-24H. The molecule has 3 aromatic carbocycles. The van der Waals surface area contributed by atoms with Crippen LogP contribution in [0.3, 0.4) is 0 Å².